The van der Waals surface area contributed by atoms with Gasteiger partial charge >= 0.3 is 0 Å². The summed E-state index contributed by atoms with van der Waals surface area (Å²) in [6.07, 6.45) is 0. The van der Waals surface area contributed by atoms with Gasteiger partial charge in [-0.05, 0) is 24.3 Å². The van der Waals surface area contributed by atoms with Gasteiger partial charge in [-0.1, -0.05) is 30.3 Å². The number of ether oxygens (including phenoxy) is 3. The van der Waals surface area contributed by atoms with Gasteiger partial charge in [0.05, 0.1) is 26.9 Å². The molecule has 0 aliphatic carbocycles. The van der Waals surface area contributed by atoms with Gasteiger partial charge in [0.2, 0.25) is 11.6 Å². The first-order valence-electron chi connectivity index (χ1n) is 8.71. The maximum absolute atomic E-state index is 6.17. The lowest BCUT2D eigenvalue weighted by molar-refractivity contribution is 0.324. The number of para-hydroxylation sites is 2. The van der Waals surface area contributed by atoms with Crippen molar-refractivity contribution in [3.63, 3.8) is 0 Å². The van der Waals surface area contributed by atoms with Crippen molar-refractivity contribution >= 4 is 16.8 Å². The quantitative estimate of drug-likeness (QED) is 0.506. The summed E-state index contributed by atoms with van der Waals surface area (Å²) in [7, 11) is 4.71. The van der Waals surface area contributed by atoms with Crippen molar-refractivity contribution in [2.75, 3.05) is 27.1 Å². The Bertz CT molecular complexity index is 1150. The molecule has 6 heteroatoms. The largest absolute Gasteiger partial charge is 0.493 e. The third-order valence-electron chi connectivity index (χ3n) is 4.60. The summed E-state index contributed by atoms with van der Waals surface area (Å²) in [5, 5.41) is 0. The van der Waals surface area contributed by atoms with Crippen molar-refractivity contribution in [2.45, 2.75) is 0 Å². The van der Waals surface area contributed by atoms with Crippen molar-refractivity contribution in [3.05, 3.63) is 54.6 Å². The van der Waals surface area contributed by atoms with Crippen LogP contribution in [0.15, 0.2) is 59.0 Å². The number of nitrogen functional groups attached to an aromatic ring is 1. The lowest BCUT2D eigenvalue weighted by Crippen LogP contribution is -1.96. The number of anilines is 1. The molecule has 4 aromatic rings. The van der Waals surface area contributed by atoms with Gasteiger partial charge < -0.3 is 24.4 Å². The standard InChI is InChI=1S/C22H20N2O4/c1-25-18-12-11-15(20(26-2)21(18)27-3)22-24-17-10-6-8-14(19(17)28-22)13-7-4-5-9-16(13)23/h4-12H,23H2,1-3H3. The van der Waals surface area contributed by atoms with Gasteiger partial charge in [-0.25, -0.2) is 4.98 Å². The van der Waals surface area contributed by atoms with Crippen molar-refractivity contribution < 1.29 is 18.6 Å². The number of aromatic nitrogens is 1. The zero-order valence-corrected chi connectivity index (χ0v) is 15.9. The summed E-state index contributed by atoms with van der Waals surface area (Å²) in [5.74, 6) is 1.97. The van der Waals surface area contributed by atoms with Crippen LogP contribution in [0.2, 0.25) is 0 Å². The maximum atomic E-state index is 6.17. The number of oxazole rings is 1. The summed E-state index contributed by atoms with van der Waals surface area (Å²) in [5.41, 5.74) is 10.7. The summed E-state index contributed by atoms with van der Waals surface area (Å²) >= 11 is 0. The number of hydrogen-bond donors (Lipinski definition) is 1. The molecule has 0 saturated heterocycles. The highest BCUT2D eigenvalue weighted by molar-refractivity contribution is 5.95. The number of nitrogens with two attached hydrogens (primary N) is 1. The first-order chi connectivity index (χ1) is 13.7. The van der Waals surface area contributed by atoms with E-state index in [2.05, 4.69) is 4.98 Å². The minimum absolute atomic E-state index is 0.426. The molecule has 0 aliphatic heterocycles. The molecule has 0 aliphatic rings. The van der Waals surface area contributed by atoms with Gasteiger partial charge in [-0.15, -0.1) is 0 Å². The molecule has 28 heavy (non-hydrogen) atoms. The molecule has 0 fully saturated rings. The molecule has 0 spiro atoms. The molecule has 3 aromatic carbocycles. The molecule has 1 aromatic heterocycles. The second-order valence-corrected chi connectivity index (χ2v) is 6.14. The summed E-state index contributed by atoms with van der Waals surface area (Å²) in [6.45, 7) is 0. The van der Waals surface area contributed by atoms with E-state index in [1.807, 2.05) is 48.5 Å². The maximum Gasteiger partial charge on any atom is 0.231 e. The highest BCUT2D eigenvalue weighted by atomic mass is 16.5. The molecule has 142 valence electrons. The monoisotopic (exact) mass is 376 g/mol. The first-order valence-corrected chi connectivity index (χ1v) is 8.71. The lowest BCUT2D eigenvalue weighted by atomic mass is 10.0. The third kappa shape index (κ3) is 2.79. The van der Waals surface area contributed by atoms with Gasteiger partial charge in [0.25, 0.3) is 0 Å². The molecular weight excluding hydrogens is 356 g/mol. The van der Waals surface area contributed by atoms with Crippen LogP contribution >= 0.6 is 0 Å². The van der Waals surface area contributed by atoms with E-state index in [4.69, 9.17) is 24.4 Å². The van der Waals surface area contributed by atoms with Crippen molar-refractivity contribution in [2.24, 2.45) is 0 Å². The smallest absolute Gasteiger partial charge is 0.231 e. The van der Waals surface area contributed by atoms with Gasteiger partial charge in [0.15, 0.2) is 17.1 Å². The number of rotatable bonds is 5. The molecule has 0 unspecified atom stereocenters. The fourth-order valence-electron chi connectivity index (χ4n) is 3.29. The van der Waals surface area contributed by atoms with E-state index in [0.29, 0.717) is 40.0 Å². The van der Waals surface area contributed by atoms with Gasteiger partial charge in [-0.3, -0.25) is 0 Å². The van der Waals surface area contributed by atoms with Gasteiger partial charge in [0.1, 0.15) is 5.52 Å². The predicted octanol–water partition coefficient (Wildman–Crippen LogP) is 4.77. The van der Waals surface area contributed by atoms with Crippen molar-refractivity contribution in [1.29, 1.82) is 0 Å². The Hall–Kier alpha value is -3.67. The fourth-order valence-corrected chi connectivity index (χ4v) is 3.29. The fraction of sp³-hybridized carbons (Fsp3) is 0.136. The SMILES string of the molecule is COc1ccc(-c2nc3cccc(-c4ccccc4N)c3o2)c(OC)c1OC. The molecule has 0 amide bonds. The number of fused-ring (bicyclic) bond motifs is 1. The summed E-state index contributed by atoms with van der Waals surface area (Å²) in [4.78, 5) is 4.65. The molecule has 1 heterocycles. The molecule has 0 saturated carbocycles. The molecule has 0 radical (unpaired) electrons. The molecule has 4 rings (SSSR count). The molecule has 6 nitrogen and oxygen atoms in total. The normalized spacial score (nSPS) is 10.8. The molecular formula is C22H20N2O4. The van der Waals surface area contributed by atoms with Gasteiger partial charge in [-0.2, -0.15) is 0 Å². The van der Waals surface area contributed by atoms with E-state index in [1.165, 1.54) is 0 Å². The van der Waals surface area contributed by atoms with E-state index in [0.717, 1.165) is 16.6 Å². The van der Waals surface area contributed by atoms with Crippen LogP contribution in [0.1, 0.15) is 0 Å². The number of nitrogens with zero attached hydrogens (tertiary/aromatic N) is 1. The van der Waals surface area contributed by atoms with Crippen LogP contribution < -0.4 is 19.9 Å². The van der Waals surface area contributed by atoms with Crippen LogP contribution in [0.4, 0.5) is 5.69 Å². The van der Waals surface area contributed by atoms with E-state index < -0.39 is 0 Å². The molecule has 0 bridgehead atoms. The Balaban J connectivity index is 1.93. The van der Waals surface area contributed by atoms with Crippen LogP contribution in [0.25, 0.3) is 33.7 Å². The number of hydrogen-bond acceptors (Lipinski definition) is 6. The first kappa shape index (κ1) is 17.7. The van der Waals surface area contributed by atoms with E-state index >= 15 is 0 Å². The Labute approximate surface area is 162 Å². The number of benzene rings is 3. The Kier molecular flexibility index (Phi) is 4.53. The zero-order chi connectivity index (χ0) is 19.7. The van der Waals surface area contributed by atoms with E-state index in [1.54, 1.807) is 27.4 Å². The zero-order valence-electron chi connectivity index (χ0n) is 15.9. The topological polar surface area (TPSA) is 79.7 Å². The average molecular weight is 376 g/mol. The van der Waals surface area contributed by atoms with E-state index in [-0.39, 0.29) is 0 Å². The predicted molar refractivity (Wildman–Crippen MR) is 109 cm³/mol. The second-order valence-electron chi connectivity index (χ2n) is 6.14. The number of methoxy groups -OCH3 is 3. The van der Waals surface area contributed by atoms with E-state index in [9.17, 15) is 0 Å². The van der Waals surface area contributed by atoms with Crippen molar-refractivity contribution in [1.82, 2.24) is 4.98 Å². The van der Waals surface area contributed by atoms with Crippen molar-refractivity contribution in [3.8, 4) is 39.8 Å². The average Bonchev–Trinajstić information content (AvgIpc) is 3.17. The highest BCUT2D eigenvalue weighted by Crippen LogP contribution is 2.45. The Morgan fingerprint density at radius 1 is 0.750 bits per heavy atom. The summed E-state index contributed by atoms with van der Waals surface area (Å²) < 4.78 is 22.6. The minimum atomic E-state index is 0.426. The van der Waals surface area contributed by atoms with Crippen LogP contribution in [0.5, 0.6) is 17.2 Å². The summed E-state index contributed by atoms with van der Waals surface area (Å²) in [6, 6.07) is 17.1. The van der Waals surface area contributed by atoms with Crippen LogP contribution in [-0.2, 0) is 0 Å². The van der Waals surface area contributed by atoms with Crippen LogP contribution in [0, 0.1) is 0 Å². The lowest BCUT2D eigenvalue weighted by Gasteiger charge is -2.14. The van der Waals surface area contributed by atoms with Crippen LogP contribution in [0.3, 0.4) is 0 Å². The molecule has 2 N–H and O–H groups in total. The Morgan fingerprint density at radius 2 is 1.50 bits per heavy atom. The third-order valence-corrected chi connectivity index (χ3v) is 4.60. The minimum Gasteiger partial charge on any atom is -0.493 e. The molecule has 0 atom stereocenters. The van der Waals surface area contributed by atoms with Gasteiger partial charge in [0, 0.05) is 16.8 Å². The highest BCUT2D eigenvalue weighted by Gasteiger charge is 2.21. The second kappa shape index (κ2) is 7.15. The Morgan fingerprint density at radius 3 is 2.21 bits per heavy atom. The van der Waals surface area contributed by atoms with Crippen LogP contribution in [-0.4, -0.2) is 26.3 Å².